The molecule has 7 heteroatoms. The van der Waals surface area contributed by atoms with Gasteiger partial charge in [0.25, 0.3) is 5.56 Å². The Bertz CT molecular complexity index is 1140. The number of nitriles is 1. The number of thioether (sulfide) groups is 1. The van der Waals surface area contributed by atoms with E-state index >= 15 is 0 Å². The summed E-state index contributed by atoms with van der Waals surface area (Å²) in [4.78, 5) is 13.9. The summed E-state index contributed by atoms with van der Waals surface area (Å²) < 4.78 is 41.8. The lowest BCUT2D eigenvalue weighted by Gasteiger charge is -2.18. The largest absolute Gasteiger partial charge is 0.417 e. The molecule has 29 heavy (non-hydrogen) atoms. The van der Waals surface area contributed by atoms with Crippen molar-refractivity contribution in [2.24, 2.45) is 0 Å². The van der Waals surface area contributed by atoms with Gasteiger partial charge in [-0.05, 0) is 48.6 Å². The van der Waals surface area contributed by atoms with E-state index in [0.29, 0.717) is 5.56 Å². The van der Waals surface area contributed by atoms with E-state index in [1.807, 2.05) is 43.5 Å². The van der Waals surface area contributed by atoms with Crippen molar-refractivity contribution in [2.75, 3.05) is 6.26 Å². The fourth-order valence-corrected chi connectivity index (χ4v) is 3.50. The van der Waals surface area contributed by atoms with Crippen LogP contribution in [0.5, 0.6) is 0 Å². The highest BCUT2D eigenvalue weighted by atomic mass is 32.2. The van der Waals surface area contributed by atoms with Crippen LogP contribution in [-0.2, 0) is 12.7 Å². The van der Waals surface area contributed by atoms with Crippen molar-refractivity contribution in [1.82, 2.24) is 4.57 Å². The van der Waals surface area contributed by atoms with Crippen LogP contribution in [0.4, 0.5) is 13.2 Å². The lowest BCUT2D eigenvalue weighted by molar-refractivity contribution is -0.137. The van der Waals surface area contributed by atoms with Crippen molar-refractivity contribution in [3.05, 3.63) is 87.2 Å². The van der Waals surface area contributed by atoms with Crippen molar-refractivity contribution >= 4 is 11.8 Å². The van der Waals surface area contributed by atoms with Gasteiger partial charge >= 0.3 is 6.18 Å². The molecule has 3 nitrogen and oxygen atoms in total. The Hall–Kier alpha value is -2.98. The van der Waals surface area contributed by atoms with Crippen LogP contribution in [0.1, 0.15) is 22.3 Å². The van der Waals surface area contributed by atoms with E-state index in [4.69, 9.17) is 0 Å². The standard InChI is InChI=1S/C22H17F3N2OS/c1-14-4-3-5-16(10-14)20-11-19(22(23,24)25)18(12-26)21(28)27(20)13-15-6-8-17(29-2)9-7-15/h3-11H,13H2,1-2H3. The van der Waals surface area contributed by atoms with E-state index in [1.54, 1.807) is 30.0 Å². The highest BCUT2D eigenvalue weighted by Gasteiger charge is 2.36. The number of aryl methyl sites for hydroxylation is 1. The third-order valence-corrected chi connectivity index (χ3v) is 5.27. The summed E-state index contributed by atoms with van der Waals surface area (Å²) in [6.07, 6.45) is -2.87. The van der Waals surface area contributed by atoms with Crippen molar-refractivity contribution in [1.29, 1.82) is 5.26 Å². The van der Waals surface area contributed by atoms with Gasteiger partial charge in [-0.1, -0.05) is 35.9 Å². The Morgan fingerprint density at radius 3 is 2.34 bits per heavy atom. The van der Waals surface area contributed by atoms with Gasteiger partial charge in [-0.15, -0.1) is 11.8 Å². The topological polar surface area (TPSA) is 45.8 Å². The predicted molar refractivity (Wildman–Crippen MR) is 108 cm³/mol. The molecule has 0 aliphatic heterocycles. The second-order valence-corrected chi connectivity index (χ2v) is 7.42. The van der Waals surface area contributed by atoms with Crippen molar-refractivity contribution < 1.29 is 13.2 Å². The summed E-state index contributed by atoms with van der Waals surface area (Å²) in [5.41, 5.74) is -0.846. The molecule has 0 bridgehead atoms. The molecular formula is C22H17F3N2OS. The number of pyridine rings is 1. The summed E-state index contributed by atoms with van der Waals surface area (Å²) in [7, 11) is 0. The molecule has 148 valence electrons. The average molecular weight is 414 g/mol. The van der Waals surface area contributed by atoms with Crippen LogP contribution in [-0.4, -0.2) is 10.8 Å². The van der Waals surface area contributed by atoms with E-state index < -0.39 is 22.9 Å². The second kappa shape index (κ2) is 8.18. The minimum absolute atomic E-state index is 0.0591. The molecule has 0 fully saturated rings. The zero-order valence-electron chi connectivity index (χ0n) is 15.7. The van der Waals surface area contributed by atoms with Gasteiger partial charge in [-0.2, -0.15) is 18.4 Å². The molecule has 1 aromatic heterocycles. The number of rotatable bonds is 4. The molecule has 0 atom stereocenters. The molecule has 0 amide bonds. The lowest BCUT2D eigenvalue weighted by atomic mass is 10.0. The smallest absolute Gasteiger partial charge is 0.303 e. The van der Waals surface area contributed by atoms with Crippen LogP contribution < -0.4 is 5.56 Å². The molecule has 0 spiro atoms. The summed E-state index contributed by atoms with van der Waals surface area (Å²) in [5, 5.41) is 9.26. The van der Waals surface area contributed by atoms with Crippen LogP contribution in [0.15, 0.2) is 64.3 Å². The van der Waals surface area contributed by atoms with Crippen molar-refractivity contribution in [3.8, 4) is 17.3 Å². The minimum Gasteiger partial charge on any atom is -0.303 e. The number of alkyl halides is 3. The third-order valence-electron chi connectivity index (χ3n) is 4.53. The van der Waals surface area contributed by atoms with Crippen LogP contribution in [0.2, 0.25) is 0 Å². The monoisotopic (exact) mass is 414 g/mol. The number of hydrogen-bond donors (Lipinski definition) is 0. The molecule has 2 aromatic carbocycles. The Balaban J connectivity index is 2.27. The Morgan fingerprint density at radius 2 is 1.79 bits per heavy atom. The van der Waals surface area contributed by atoms with Crippen molar-refractivity contribution in [3.63, 3.8) is 0 Å². The second-order valence-electron chi connectivity index (χ2n) is 6.54. The number of nitrogens with zero attached hydrogens (tertiary/aromatic N) is 2. The van der Waals surface area contributed by atoms with E-state index in [2.05, 4.69) is 0 Å². The molecule has 0 aliphatic rings. The Labute approximate surface area is 170 Å². The SMILES string of the molecule is CSc1ccc(Cn2c(-c3cccc(C)c3)cc(C(F)(F)F)c(C#N)c2=O)cc1. The summed E-state index contributed by atoms with van der Waals surface area (Å²) in [6, 6.07) is 16.7. The summed E-state index contributed by atoms with van der Waals surface area (Å²) in [5.74, 6) is 0. The van der Waals surface area contributed by atoms with Crippen LogP contribution >= 0.6 is 11.8 Å². The van der Waals surface area contributed by atoms with Gasteiger partial charge < -0.3 is 4.57 Å². The zero-order chi connectivity index (χ0) is 21.2. The van der Waals surface area contributed by atoms with Crippen LogP contribution in [0.25, 0.3) is 11.3 Å². The van der Waals surface area contributed by atoms with Gasteiger partial charge in [0.1, 0.15) is 11.6 Å². The molecule has 3 rings (SSSR count). The number of halogens is 3. The first-order chi connectivity index (χ1) is 13.7. The number of aromatic nitrogens is 1. The summed E-state index contributed by atoms with van der Waals surface area (Å²) >= 11 is 1.56. The van der Waals surface area contributed by atoms with Gasteiger partial charge in [0.15, 0.2) is 0 Å². The first kappa shape index (κ1) is 20.7. The van der Waals surface area contributed by atoms with Gasteiger partial charge in [-0.25, -0.2) is 0 Å². The first-order valence-corrected chi connectivity index (χ1v) is 9.92. The molecule has 0 saturated carbocycles. The molecule has 0 saturated heterocycles. The maximum absolute atomic E-state index is 13.5. The molecule has 0 radical (unpaired) electrons. The zero-order valence-corrected chi connectivity index (χ0v) is 16.6. The van der Waals surface area contributed by atoms with E-state index in [9.17, 15) is 23.2 Å². The molecule has 0 N–H and O–H groups in total. The Kier molecular flexibility index (Phi) is 5.85. The predicted octanol–water partition coefficient (Wildman–Crippen LogP) is 5.48. The highest BCUT2D eigenvalue weighted by Crippen LogP contribution is 2.34. The van der Waals surface area contributed by atoms with Crippen molar-refractivity contribution in [2.45, 2.75) is 24.5 Å². The Morgan fingerprint density at radius 1 is 1.10 bits per heavy atom. The number of hydrogen-bond acceptors (Lipinski definition) is 3. The maximum atomic E-state index is 13.5. The fraction of sp³-hybridized carbons (Fsp3) is 0.182. The molecule has 0 aliphatic carbocycles. The summed E-state index contributed by atoms with van der Waals surface area (Å²) in [6.45, 7) is 1.88. The van der Waals surface area contributed by atoms with Crippen LogP contribution in [0.3, 0.4) is 0 Å². The van der Waals surface area contributed by atoms with Gasteiger partial charge in [0.2, 0.25) is 0 Å². The van der Waals surface area contributed by atoms with E-state index in [-0.39, 0.29) is 12.2 Å². The average Bonchev–Trinajstić information content (AvgIpc) is 2.69. The highest BCUT2D eigenvalue weighted by molar-refractivity contribution is 7.98. The molecule has 0 unspecified atom stereocenters. The molecular weight excluding hydrogens is 397 g/mol. The molecule has 1 heterocycles. The van der Waals surface area contributed by atoms with Gasteiger partial charge in [0.05, 0.1) is 17.8 Å². The fourth-order valence-electron chi connectivity index (χ4n) is 3.09. The van der Waals surface area contributed by atoms with Gasteiger partial charge in [0, 0.05) is 4.90 Å². The minimum atomic E-state index is -4.80. The lowest BCUT2D eigenvalue weighted by Crippen LogP contribution is -2.28. The van der Waals surface area contributed by atoms with Gasteiger partial charge in [-0.3, -0.25) is 4.79 Å². The third kappa shape index (κ3) is 4.38. The quantitative estimate of drug-likeness (QED) is 0.531. The molecule has 3 aromatic rings. The first-order valence-electron chi connectivity index (χ1n) is 8.69. The van der Waals surface area contributed by atoms with E-state index in [0.717, 1.165) is 22.1 Å². The number of benzene rings is 2. The van der Waals surface area contributed by atoms with Crippen LogP contribution in [0, 0.1) is 18.3 Å². The normalized spacial score (nSPS) is 11.3. The maximum Gasteiger partial charge on any atom is 0.417 e. The van der Waals surface area contributed by atoms with E-state index in [1.165, 1.54) is 10.6 Å².